The third kappa shape index (κ3) is 1.98. The van der Waals surface area contributed by atoms with E-state index in [0.717, 1.165) is 0 Å². The zero-order valence-corrected chi connectivity index (χ0v) is 8.24. The normalized spacial score (nSPS) is 13.3. The van der Waals surface area contributed by atoms with Crippen LogP contribution in [0.2, 0.25) is 0 Å². The van der Waals surface area contributed by atoms with Gasteiger partial charge in [0.25, 0.3) is 0 Å². The predicted octanol–water partition coefficient (Wildman–Crippen LogP) is 1.61. The highest BCUT2D eigenvalue weighted by Crippen LogP contribution is 2.19. The van der Waals surface area contributed by atoms with Gasteiger partial charge in [0.1, 0.15) is 17.4 Å². The predicted molar refractivity (Wildman–Crippen MR) is 52.8 cm³/mol. The van der Waals surface area contributed by atoms with Crippen LogP contribution in [-0.4, -0.2) is 18.7 Å². The summed E-state index contributed by atoms with van der Waals surface area (Å²) < 4.78 is 23.0. The molecule has 2 rings (SSSR count). The number of fused-ring (bicyclic) bond motifs is 1. The van der Waals surface area contributed by atoms with E-state index < -0.39 is 6.04 Å². The average Bonchev–Trinajstić information content (AvgIpc) is 2.60. The van der Waals surface area contributed by atoms with Gasteiger partial charge < -0.3 is 14.9 Å². The van der Waals surface area contributed by atoms with E-state index in [2.05, 4.69) is 4.98 Å². The van der Waals surface area contributed by atoms with E-state index in [0.29, 0.717) is 23.6 Å². The first-order valence-corrected chi connectivity index (χ1v) is 4.51. The van der Waals surface area contributed by atoms with Crippen LogP contribution >= 0.6 is 0 Å². The van der Waals surface area contributed by atoms with E-state index in [1.54, 1.807) is 13.2 Å². The van der Waals surface area contributed by atoms with Gasteiger partial charge in [-0.05, 0) is 12.1 Å². The number of nitrogens with two attached hydrogens (primary N) is 1. The number of benzene rings is 1. The molecule has 4 nitrogen and oxygen atoms in total. The Kier molecular flexibility index (Phi) is 2.66. The third-order valence-corrected chi connectivity index (χ3v) is 2.03. The second-order valence-electron chi connectivity index (χ2n) is 3.23. The first kappa shape index (κ1) is 10.1. The zero-order chi connectivity index (χ0) is 10.8. The van der Waals surface area contributed by atoms with Crippen molar-refractivity contribution in [3.8, 4) is 0 Å². The molecule has 80 valence electrons. The van der Waals surface area contributed by atoms with Gasteiger partial charge in [0.15, 0.2) is 5.58 Å². The minimum atomic E-state index is -0.425. The van der Waals surface area contributed by atoms with Crippen LogP contribution in [0.1, 0.15) is 11.9 Å². The SMILES string of the molecule is COCC(N)c1nc2ccc(F)cc2o1. The summed E-state index contributed by atoms with van der Waals surface area (Å²) >= 11 is 0. The Morgan fingerprint density at radius 2 is 2.40 bits per heavy atom. The molecule has 0 bridgehead atoms. The van der Waals surface area contributed by atoms with Crippen LogP contribution in [0.25, 0.3) is 11.1 Å². The summed E-state index contributed by atoms with van der Waals surface area (Å²) in [6.45, 7) is 0.315. The first-order chi connectivity index (χ1) is 7.20. The molecule has 1 aromatic heterocycles. The van der Waals surface area contributed by atoms with Crippen LogP contribution in [-0.2, 0) is 4.74 Å². The van der Waals surface area contributed by atoms with E-state index in [1.807, 2.05) is 0 Å². The van der Waals surface area contributed by atoms with Crippen molar-refractivity contribution < 1.29 is 13.5 Å². The number of methoxy groups -OCH3 is 1. The Hall–Kier alpha value is -1.46. The van der Waals surface area contributed by atoms with Crippen LogP contribution < -0.4 is 5.73 Å². The molecule has 0 spiro atoms. The Labute approximate surface area is 85.8 Å². The lowest BCUT2D eigenvalue weighted by Crippen LogP contribution is -2.16. The molecule has 0 aliphatic carbocycles. The van der Waals surface area contributed by atoms with Crippen molar-refractivity contribution >= 4 is 11.1 Å². The lowest BCUT2D eigenvalue weighted by molar-refractivity contribution is 0.171. The molecule has 2 aromatic rings. The van der Waals surface area contributed by atoms with Crippen LogP contribution in [0, 0.1) is 5.82 Å². The number of halogens is 1. The van der Waals surface area contributed by atoms with Gasteiger partial charge in [-0.1, -0.05) is 0 Å². The van der Waals surface area contributed by atoms with E-state index in [-0.39, 0.29) is 5.82 Å². The second-order valence-corrected chi connectivity index (χ2v) is 3.23. The van der Waals surface area contributed by atoms with Gasteiger partial charge in [0.2, 0.25) is 5.89 Å². The topological polar surface area (TPSA) is 61.3 Å². The monoisotopic (exact) mass is 210 g/mol. The van der Waals surface area contributed by atoms with E-state index in [9.17, 15) is 4.39 Å². The van der Waals surface area contributed by atoms with Gasteiger partial charge in [0.05, 0.1) is 6.61 Å². The van der Waals surface area contributed by atoms with Gasteiger partial charge >= 0.3 is 0 Å². The maximum Gasteiger partial charge on any atom is 0.214 e. The van der Waals surface area contributed by atoms with Crippen molar-refractivity contribution in [2.75, 3.05) is 13.7 Å². The van der Waals surface area contributed by atoms with Crippen molar-refractivity contribution in [3.63, 3.8) is 0 Å². The molecule has 5 heteroatoms. The second kappa shape index (κ2) is 3.96. The maximum atomic E-state index is 12.9. The molecule has 0 saturated carbocycles. The summed E-state index contributed by atoms with van der Waals surface area (Å²) in [6.07, 6.45) is 0. The fraction of sp³-hybridized carbons (Fsp3) is 0.300. The molecule has 15 heavy (non-hydrogen) atoms. The van der Waals surface area contributed by atoms with Gasteiger partial charge in [0, 0.05) is 13.2 Å². The Morgan fingerprint density at radius 1 is 1.60 bits per heavy atom. The molecule has 1 atom stereocenters. The van der Waals surface area contributed by atoms with E-state index in [4.69, 9.17) is 14.9 Å². The summed E-state index contributed by atoms with van der Waals surface area (Å²) in [7, 11) is 1.54. The van der Waals surface area contributed by atoms with E-state index >= 15 is 0 Å². The van der Waals surface area contributed by atoms with Crippen LogP contribution in [0.4, 0.5) is 4.39 Å². The zero-order valence-electron chi connectivity index (χ0n) is 8.24. The summed E-state index contributed by atoms with van der Waals surface area (Å²) in [4.78, 5) is 4.13. The number of hydrogen-bond donors (Lipinski definition) is 1. The molecule has 0 aliphatic heterocycles. The number of ether oxygens (including phenoxy) is 1. The van der Waals surface area contributed by atoms with Crippen molar-refractivity contribution in [2.24, 2.45) is 5.73 Å². The fourth-order valence-corrected chi connectivity index (χ4v) is 1.33. The first-order valence-electron chi connectivity index (χ1n) is 4.51. The lowest BCUT2D eigenvalue weighted by atomic mass is 10.3. The maximum absolute atomic E-state index is 12.9. The van der Waals surface area contributed by atoms with Gasteiger partial charge in [-0.15, -0.1) is 0 Å². The van der Waals surface area contributed by atoms with Gasteiger partial charge in [-0.3, -0.25) is 0 Å². The molecule has 2 N–H and O–H groups in total. The van der Waals surface area contributed by atoms with Crippen LogP contribution in [0.15, 0.2) is 22.6 Å². The molecule has 1 unspecified atom stereocenters. The minimum absolute atomic E-state index is 0.315. The summed E-state index contributed by atoms with van der Waals surface area (Å²) in [5, 5.41) is 0. The average molecular weight is 210 g/mol. The molecule has 0 radical (unpaired) electrons. The number of aromatic nitrogens is 1. The molecule has 0 saturated heterocycles. The molecule has 1 heterocycles. The van der Waals surface area contributed by atoms with Crippen LogP contribution in [0.5, 0.6) is 0 Å². The summed E-state index contributed by atoms with van der Waals surface area (Å²) in [6, 6.07) is 3.74. The van der Waals surface area contributed by atoms with Crippen molar-refractivity contribution in [2.45, 2.75) is 6.04 Å². The van der Waals surface area contributed by atoms with Crippen molar-refractivity contribution in [3.05, 3.63) is 29.9 Å². The molecule has 0 amide bonds. The number of rotatable bonds is 3. The molecular formula is C10H11FN2O2. The highest BCUT2D eigenvalue weighted by Gasteiger charge is 2.13. The smallest absolute Gasteiger partial charge is 0.214 e. The van der Waals surface area contributed by atoms with Crippen molar-refractivity contribution in [1.29, 1.82) is 0 Å². The molecule has 1 aromatic carbocycles. The highest BCUT2D eigenvalue weighted by molar-refractivity contribution is 5.72. The van der Waals surface area contributed by atoms with Crippen LogP contribution in [0.3, 0.4) is 0 Å². The van der Waals surface area contributed by atoms with E-state index in [1.165, 1.54) is 12.1 Å². The molecule has 0 aliphatic rings. The largest absolute Gasteiger partial charge is 0.439 e. The Balaban J connectivity index is 2.38. The number of oxazole rings is 1. The van der Waals surface area contributed by atoms with Gasteiger partial charge in [-0.25, -0.2) is 9.37 Å². The molecule has 0 fully saturated rings. The fourth-order valence-electron chi connectivity index (χ4n) is 1.33. The quantitative estimate of drug-likeness (QED) is 0.836. The third-order valence-electron chi connectivity index (χ3n) is 2.03. The van der Waals surface area contributed by atoms with Gasteiger partial charge in [-0.2, -0.15) is 0 Å². The van der Waals surface area contributed by atoms with Crippen molar-refractivity contribution in [1.82, 2.24) is 4.98 Å². The Bertz CT molecular complexity index is 469. The standard InChI is InChI=1S/C10H11FN2O2/c1-14-5-7(12)10-13-8-3-2-6(11)4-9(8)15-10/h2-4,7H,5,12H2,1H3. The summed E-state index contributed by atoms with van der Waals surface area (Å²) in [5.74, 6) is 0.00274. The molecular weight excluding hydrogens is 199 g/mol. The Morgan fingerprint density at radius 3 is 3.13 bits per heavy atom. The highest BCUT2D eigenvalue weighted by atomic mass is 19.1. The number of nitrogens with zero attached hydrogens (tertiary/aromatic N) is 1. The lowest BCUT2D eigenvalue weighted by Gasteiger charge is -2.03. The minimum Gasteiger partial charge on any atom is -0.439 e. The summed E-state index contributed by atoms with van der Waals surface area (Å²) in [5.41, 5.74) is 6.73. The number of hydrogen-bond acceptors (Lipinski definition) is 4.